The fourth-order valence-corrected chi connectivity index (χ4v) is 6.10. The molecule has 0 radical (unpaired) electrons. The average molecular weight is 666 g/mol. The van der Waals surface area contributed by atoms with E-state index in [1.165, 1.54) is 24.3 Å². The van der Waals surface area contributed by atoms with Gasteiger partial charge in [0.05, 0.1) is 23.3 Å². The molecular formula is C35H35F4N5O4. The van der Waals surface area contributed by atoms with Crippen molar-refractivity contribution in [2.75, 3.05) is 28.6 Å². The number of carbonyl (C=O) groups excluding carboxylic acids is 3. The number of anilines is 3. The van der Waals surface area contributed by atoms with Gasteiger partial charge in [0.15, 0.2) is 5.69 Å². The molecule has 48 heavy (non-hydrogen) atoms. The Morgan fingerprint density at radius 2 is 1.65 bits per heavy atom. The van der Waals surface area contributed by atoms with E-state index in [0.717, 1.165) is 49.2 Å². The first kappa shape index (κ1) is 33.0. The van der Waals surface area contributed by atoms with Gasteiger partial charge in [0.1, 0.15) is 18.0 Å². The van der Waals surface area contributed by atoms with Crippen molar-refractivity contribution < 1.29 is 36.7 Å². The summed E-state index contributed by atoms with van der Waals surface area (Å²) in [5.41, 5.74) is 0.968. The second kappa shape index (κ2) is 12.3. The lowest BCUT2D eigenvalue weighted by atomic mass is 10.1. The van der Waals surface area contributed by atoms with Gasteiger partial charge in [-0.15, -0.1) is 0 Å². The number of para-hydroxylation sites is 1. The maximum absolute atomic E-state index is 14.2. The van der Waals surface area contributed by atoms with Crippen LogP contribution >= 0.6 is 0 Å². The fraction of sp³-hybridized carbons (Fsp3) is 0.371. The lowest BCUT2D eigenvalue weighted by Gasteiger charge is -2.23. The van der Waals surface area contributed by atoms with Gasteiger partial charge in [0.2, 0.25) is 0 Å². The molecule has 0 atom stereocenters. The summed E-state index contributed by atoms with van der Waals surface area (Å²) < 4.78 is 60.3. The topological polar surface area (TPSA) is 106 Å². The molecule has 2 heterocycles. The van der Waals surface area contributed by atoms with Gasteiger partial charge in [0.25, 0.3) is 11.8 Å². The van der Waals surface area contributed by atoms with Crippen LogP contribution in [0.2, 0.25) is 0 Å². The number of ether oxygens (including phenoxy) is 1. The molecule has 1 spiro atoms. The number of halogens is 4. The Morgan fingerprint density at radius 1 is 0.917 bits per heavy atom. The van der Waals surface area contributed by atoms with Gasteiger partial charge in [-0.1, -0.05) is 18.2 Å². The second-order valence-corrected chi connectivity index (χ2v) is 13.5. The van der Waals surface area contributed by atoms with Crippen molar-refractivity contribution in [3.63, 3.8) is 0 Å². The monoisotopic (exact) mass is 665 g/mol. The highest BCUT2D eigenvalue weighted by molar-refractivity contribution is 6.13. The Labute approximate surface area is 274 Å². The van der Waals surface area contributed by atoms with Crippen LogP contribution in [0.15, 0.2) is 60.7 Å². The normalized spacial score (nSPS) is 15.5. The highest BCUT2D eigenvalue weighted by Gasteiger charge is 2.48. The standard InChI is InChI=1S/C35H35F4N5O4/c1-33(2,3)48-29(45)18-22-16-23(36)9-10-25(22)40-31(46)21-8-11-28(43-15-14-34(19-43)12-13-34)26(17-21)41-32(47)30-24-6-4-5-7-27(24)44(42-30)20-35(37,38)39/h4-11,16-17H,12-15,18-20H2,1-3H3,(H,40,46)(H,41,47). The van der Waals surface area contributed by atoms with Gasteiger partial charge in [-0.2, -0.15) is 18.3 Å². The van der Waals surface area contributed by atoms with Crippen molar-refractivity contribution in [3.8, 4) is 0 Å². The number of nitrogens with one attached hydrogen (secondary N) is 2. The minimum absolute atomic E-state index is 0.148. The number of esters is 1. The largest absolute Gasteiger partial charge is 0.460 e. The quantitative estimate of drug-likeness (QED) is 0.154. The fourth-order valence-electron chi connectivity index (χ4n) is 6.10. The van der Waals surface area contributed by atoms with Gasteiger partial charge >= 0.3 is 12.1 Å². The number of fused-ring (bicyclic) bond motifs is 1. The number of alkyl halides is 3. The number of rotatable bonds is 8. The molecule has 2 N–H and O–H groups in total. The van der Waals surface area contributed by atoms with E-state index in [9.17, 15) is 31.9 Å². The summed E-state index contributed by atoms with van der Waals surface area (Å²) in [7, 11) is 0. The lowest BCUT2D eigenvalue weighted by molar-refractivity contribution is -0.154. The number of hydrogen-bond acceptors (Lipinski definition) is 6. The van der Waals surface area contributed by atoms with Crippen LogP contribution in [0.4, 0.5) is 34.6 Å². The first-order valence-corrected chi connectivity index (χ1v) is 15.6. The number of hydrogen-bond donors (Lipinski definition) is 2. The van der Waals surface area contributed by atoms with Crippen molar-refractivity contribution in [2.24, 2.45) is 5.41 Å². The second-order valence-electron chi connectivity index (χ2n) is 13.5. The van der Waals surface area contributed by atoms with E-state index in [1.807, 2.05) is 0 Å². The third-order valence-electron chi connectivity index (χ3n) is 8.52. The number of carbonyl (C=O) groups is 3. The van der Waals surface area contributed by atoms with Crippen LogP contribution < -0.4 is 15.5 Å². The van der Waals surface area contributed by atoms with E-state index in [1.54, 1.807) is 45.0 Å². The van der Waals surface area contributed by atoms with E-state index < -0.39 is 41.9 Å². The van der Waals surface area contributed by atoms with E-state index in [4.69, 9.17) is 4.74 Å². The first-order valence-electron chi connectivity index (χ1n) is 15.6. The molecule has 2 amide bonds. The molecule has 1 saturated heterocycles. The number of nitrogens with zero attached hydrogens (tertiary/aromatic N) is 3. The predicted octanol–water partition coefficient (Wildman–Crippen LogP) is 7.12. The molecule has 1 aliphatic carbocycles. The Hall–Kier alpha value is -4.94. The van der Waals surface area contributed by atoms with Crippen LogP contribution in [0.5, 0.6) is 0 Å². The smallest absolute Gasteiger partial charge is 0.408 e. The minimum Gasteiger partial charge on any atom is -0.460 e. The summed E-state index contributed by atoms with van der Waals surface area (Å²) in [6, 6.07) is 14.7. The van der Waals surface area contributed by atoms with Crippen molar-refractivity contribution in [1.29, 1.82) is 0 Å². The van der Waals surface area contributed by atoms with Crippen molar-refractivity contribution in [3.05, 3.63) is 83.3 Å². The molecule has 1 aromatic heterocycles. The third kappa shape index (κ3) is 7.45. The zero-order chi connectivity index (χ0) is 34.4. The van der Waals surface area contributed by atoms with Crippen LogP contribution in [0, 0.1) is 11.2 Å². The van der Waals surface area contributed by atoms with E-state index in [0.29, 0.717) is 5.69 Å². The molecule has 1 saturated carbocycles. The first-order chi connectivity index (χ1) is 22.6. The van der Waals surface area contributed by atoms with Crippen LogP contribution in [0.3, 0.4) is 0 Å². The summed E-state index contributed by atoms with van der Waals surface area (Å²) in [4.78, 5) is 41.9. The predicted molar refractivity (Wildman–Crippen MR) is 173 cm³/mol. The Kier molecular flexibility index (Phi) is 8.42. The molecule has 0 bridgehead atoms. The Bertz CT molecular complexity index is 1910. The molecule has 0 unspecified atom stereocenters. The molecule has 3 aromatic carbocycles. The molecular weight excluding hydrogens is 630 g/mol. The summed E-state index contributed by atoms with van der Waals surface area (Å²) >= 11 is 0. The Morgan fingerprint density at radius 3 is 2.33 bits per heavy atom. The zero-order valence-corrected chi connectivity index (χ0v) is 26.7. The summed E-state index contributed by atoms with van der Waals surface area (Å²) in [5, 5.41) is 9.83. The third-order valence-corrected chi connectivity index (χ3v) is 8.52. The van der Waals surface area contributed by atoms with E-state index in [-0.39, 0.29) is 50.9 Å². The SMILES string of the molecule is CC(C)(C)OC(=O)Cc1cc(F)ccc1NC(=O)c1ccc(N2CCC3(CC3)C2)c(NC(=O)c2nn(CC(F)(F)F)c3ccccc23)c1. The maximum atomic E-state index is 14.2. The lowest BCUT2D eigenvalue weighted by Crippen LogP contribution is -2.25. The van der Waals surface area contributed by atoms with E-state index >= 15 is 0 Å². The molecule has 4 aromatic rings. The number of amides is 2. The van der Waals surface area contributed by atoms with Crippen LogP contribution in [-0.4, -0.2) is 52.4 Å². The average Bonchev–Trinajstić information content (AvgIpc) is 3.47. The highest BCUT2D eigenvalue weighted by Crippen LogP contribution is 2.54. The van der Waals surface area contributed by atoms with Crippen molar-refractivity contribution in [2.45, 2.75) is 64.8 Å². The van der Waals surface area contributed by atoms with Gasteiger partial charge < -0.3 is 20.3 Å². The molecule has 6 rings (SSSR count). The molecule has 13 heteroatoms. The van der Waals surface area contributed by atoms with Crippen molar-refractivity contribution in [1.82, 2.24) is 9.78 Å². The molecule has 252 valence electrons. The molecule has 9 nitrogen and oxygen atoms in total. The van der Waals surface area contributed by atoms with Crippen LogP contribution in [0.1, 0.15) is 66.4 Å². The Balaban J connectivity index is 1.30. The highest BCUT2D eigenvalue weighted by atomic mass is 19.4. The number of aromatic nitrogens is 2. The summed E-state index contributed by atoms with van der Waals surface area (Å²) in [6.07, 6.45) is -1.63. The minimum atomic E-state index is -4.55. The molecule has 2 aliphatic rings. The zero-order valence-electron chi connectivity index (χ0n) is 26.7. The van der Waals surface area contributed by atoms with Crippen molar-refractivity contribution >= 4 is 45.7 Å². The van der Waals surface area contributed by atoms with Crippen LogP contribution in [0.25, 0.3) is 10.9 Å². The maximum Gasteiger partial charge on any atom is 0.408 e. The van der Waals surface area contributed by atoms with Gasteiger partial charge in [-0.05, 0) is 93.5 Å². The van der Waals surface area contributed by atoms with Gasteiger partial charge in [-0.3, -0.25) is 19.1 Å². The summed E-state index contributed by atoms with van der Waals surface area (Å²) in [6.45, 7) is 5.28. The number of benzene rings is 3. The molecule has 1 aliphatic heterocycles. The van der Waals surface area contributed by atoms with Gasteiger partial charge in [-0.25, -0.2) is 4.39 Å². The van der Waals surface area contributed by atoms with Gasteiger partial charge in [0, 0.05) is 29.7 Å². The molecule has 2 fully saturated rings. The van der Waals surface area contributed by atoms with E-state index in [2.05, 4.69) is 20.6 Å². The summed E-state index contributed by atoms with van der Waals surface area (Å²) in [5.74, 6) is -2.51. The van der Waals surface area contributed by atoms with Crippen LogP contribution in [-0.2, 0) is 22.5 Å².